The first-order valence-electron chi connectivity index (χ1n) is 10.5. The summed E-state index contributed by atoms with van der Waals surface area (Å²) >= 11 is 0. The maximum absolute atomic E-state index is 12.2. The van der Waals surface area contributed by atoms with Crippen LogP contribution in [0.4, 0.5) is 0 Å². The van der Waals surface area contributed by atoms with Crippen LogP contribution in [0.25, 0.3) is 0 Å². The van der Waals surface area contributed by atoms with Crippen molar-refractivity contribution in [1.82, 2.24) is 20.4 Å². The number of piperidine rings is 1. The molecule has 2 heterocycles. The zero-order valence-electron chi connectivity index (χ0n) is 17.3. The van der Waals surface area contributed by atoms with Crippen molar-refractivity contribution in [3.8, 4) is 0 Å². The van der Waals surface area contributed by atoms with Crippen LogP contribution >= 0.6 is 0 Å². The number of ether oxygens (including phenoxy) is 1. The van der Waals surface area contributed by atoms with Crippen LogP contribution in [0.2, 0.25) is 0 Å². The number of nitrogens with one attached hydrogen (secondary N) is 2. The van der Waals surface area contributed by atoms with Gasteiger partial charge in [0.1, 0.15) is 0 Å². The Morgan fingerprint density at radius 3 is 1.96 bits per heavy atom. The Labute approximate surface area is 164 Å². The molecule has 0 aromatic carbocycles. The molecule has 156 valence electrons. The lowest BCUT2D eigenvalue weighted by molar-refractivity contribution is -0.123. The van der Waals surface area contributed by atoms with Gasteiger partial charge in [0.15, 0.2) is 0 Å². The highest BCUT2D eigenvalue weighted by atomic mass is 16.5. The van der Waals surface area contributed by atoms with Gasteiger partial charge in [-0.25, -0.2) is 0 Å². The van der Waals surface area contributed by atoms with Gasteiger partial charge in [-0.1, -0.05) is 0 Å². The first-order valence-corrected chi connectivity index (χ1v) is 10.5. The monoisotopic (exact) mass is 382 g/mol. The van der Waals surface area contributed by atoms with Crippen LogP contribution in [0.5, 0.6) is 0 Å². The summed E-state index contributed by atoms with van der Waals surface area (Å²) < 4.78 is 5.34. The van der Waals surface area contributed by atoms with Crippen LogP contribution in [0.1, 0.15) is 46.5 Å². The molecule has 0 bridgehead atoms. The zero-order chi connectivity index (χ0) is 19.6. The molecule has 0 spiro atoms. The van der Waals surface area contributed by atoms with Crippen molar-refractivity contribution in [2.45, 2.75) is 58.5 Å². The quantitative estimate of drug-likeness (QED) is 0.618. The lowest BCUT2D eigenvalue weighted by Crippen LogP contribution is -2.45. The smallest absolute Gasteiger partial charge is 0.221 e. The van der Waals surface area contributed by atoms with E-state index in [0.717, 1.165) is 65.3 Å². The summed E-state index contributed by atoms with van der Waals surface area (Å²) in [4.78, 5) is 28.7. The highest BCUT2D eigenvalue weighted by Gasteiger charge is 2.25. The molecule has 2 fully saturated rings. The van der Waals surface area contributed by atoms with Gasteiger partial charge in [-0.2, -0.15) is 0 Å². The minimum absolute atomic E-state index is 0.132. The molecule has 2 aliphatic heterocycles. The van der Waals surface area contributed by atoms with Crippen molar-refractivity contribution in [2.24, 2.45) is 5.92 Å². The lowest BCUT2D eigenvalue weighted by atomic mass is 9.90. The van der Waals surface area contributed by atoms with E-state index < -0.39 is 0 Å². The highest BCUT2D eigenvalue weighted by molar-refractivity contribution is 5.76. The van der Waals surface area contributed by atoms with Gasteiger partial charge >= 0.3 is 0 Å². The number of carbonyl (C=O) groups excluding carboxylic acids is 2. The second kappa shape index (κ2) is 11.6. The molecule has 0 aromatic rings. The summed E-state index contributed by atoms with van der Waals surface area (Å²) in [6, 6.07) is 0.421. The third-order valence-corrected chi connectivity index (χ3v) is 5.59. The normalized spacial score (nSPS) is 21.2. The van der Waals surface area contributed by atoms with E-state index in [2.05, 4.69) is 27.4 Å². The van der Waals surface area contributed by atoms with Gasteiger partial charge in [-0.15, -0.1) is 0 Å². The fraction of sp³-hybridized carbons (Fsp3) is 0.900. The Morgan fingerprint density at radius 2 is 1.41 bits per heavy atom. The topological polar surface area (TPSA) is 73.9 Å². The van der Waals surface area contributed by atoms with Gasteiger partial charge in [0.05, 0.1) is 13.2 Å². The van der Waals surface area contributed by atoms with Gasteiger partial charge in [-0.3, -0.25) is 14.5 Å². The Kier molecular flexibility index (Phi) is 9.51. The van der Waals surface area contributed by atoms with Gasteiger partial charge in [0.25, 0.3) is 0 Å². The Hall–Kier alpha value is -1.18. The van der Waals surface area contributed by atoms with E-state index in [0.29, 0.717) is 18.8 Å². The number of carbonyl (C=O) groups is 2. The van der Waals surface area contributed by atoms with Crippen LogP contribution in [0.3, 0.4) is 0 Å². The summed E-state index contributed by atoms with van der Waals surface area (Å²) in [5.41, 5.74) is 0. The second-order valence-corrected chi connectivity index (χ2v) is 8.21. The lowest BCUT2D eigenvalue weighted by Gasteiger charge is -2.35. The molecule has 0 unspecified atom stereocenters. The van der Waals surface area contributed by atoms with Crippen molar-refractivity contribution in [1.29, 1.82) is 0 Å². The van der Waals surface area contributed by atoms with Crippen LogP contribution in [0, 0.1) is 5.92 Å². The van der Waals surface area contributed by atoms with Gasteiger partial charge in [0.2, 0.25) is 11.8 Å². The standard InChI is InChI=1S/C20H38N4O3/c1-16(2)21-19(25)6-10-23-8-4-18(5-9-23)17(3)22-20(26)7-11-24-12-14-27-15-13-24/h16-18H,4-15H2,1-3H3,(H,21,25)(H,22,26)/t17-/m1/s1. The van der Waals surface area contributed by atoms with Gasteiger partial charge in [-0.05, 0) is 52.6 Å². The van der Waals surface area contributed by atoms with E-state index in [1.165, 1.54) is 0 Å². The molecule has 7 nitrogen and oxygen atoms in total. The average Bonchev–Trinajstić information content (AvgIpc) is 2.65. The summed E-state index contributed by atoms with van der Waals surface area (Å²) in [6.45, 7) is 13.2. The zero-order valence-corrected chi connectivity index (χ0v) is 17.3. The molecular weight excluding hydrogens is 344 g/mol. The molecule has 1 atom stereocenters. The number of likely N-dealkylation sites (tertiary alicyclic amines) is 1. The van der Waals surface area contributed by atoms with Crippen LogP contribution < -0.4 is 10.6 Å². The van der Waals surface area contributed by atoms with Gasteiger partial charge < -0.3 is 20.3 Å². The van der Waals surface area contributed by atoms with E-state index in [1.54, 1.807) is 0 Å². The van der Waals surface area contributed by atoms with Crippen molar-refractivity contribution in [2.75, 3.05) is 52.5 Å². The Balaban J connectivity index is 1.59. The predicted molar refractivity (Wildman–Crippen MR) is 107 cm³/mol. The van der Waals surface area contributed by atoms with Crippen molar-refractivity contribution in [3.63, 3.8) is 0 Å². The average molecular weight is 383 g/mol. The second-order valence-electron chi connectivity index (χ2n) is 8.21. The minimum Gasteiger partial charge on any atom is -0.379 e. The fourth-order valence-corrected chi connectivity index (χ4v) is 3.86. The molecule has 2 rings (SSSR count). The first-order chi connectivity index (χ1) is 12.9. The third kappa shape index (κ3) is 8.58. The van der Waals surface area contributed by atoms with Gasteiger partial charge in [0, 0.05) is 51.1 Å². The van der Waals surface area contributed by atoms with Crippen LogP contribution in [-0.4, -0.2) is 86.2 Å². The molecule has 2 N–H and O–H groups in total. The molecule has 2 amide bonds. The predicted octanol–water partition coefficient (Wildman–Crippen LogP) is 0.840. The molecule has 0 aromatic heterocycles. The summed E-state index contributed by atoms with van der Waals surface area (Å²) in [7, 11) is 0. The Morgan fingerprint density at radius 1 is 0.889 bits per heavy atom. The number of nitrogens with zero attached hydrogens (tertiary/aromatic N) is 2. The molecule has 0 saturated carbocycles. The first kappa shape index (κ1) is 22.1. The Bertz CT molecular complexity index is 458. The van der Waals surface area contributed by atoms with Crippen LogP contribution in [0.15, 0.2) is 0 Å². The van der Waals surface area contributed by atoms with Crippen LogP contribution in [-0.2, 0) is 14.3 Å². The largest absolute Gasteiger partial charge is 0.379 e. The summed E-state index contributed by atoms with van der Waals surface area (Å²) in [5, 5.41) is 6.14. The van der Waals surface area contributed by atoms with Crippen molar-refractivity contribution < 1.29 is 14.3 Å². The van der Waals surface area contributed by atoms with E-state index >= 15 is 0 Å². The van der Waals surface area contributed by atoms with E-state index in [4.69, 9.17) is 4.74 Å². The van der Waals surface area contributed by atoms with E-state index in [1.807, 2.05) is 13.8 Å². The highest BCUT2D eigenvalue weighted by Crippen LogP contribution is 2.20. The van der Waals surface area contributed by atoms with Crippen molar-refractivity contribution in [3.05, 3.63) is 0 Å². The van der Waals surface area contributed by atoms with Crippen molar-refractivity contribution >= 4 is 11.8 Å². The molecule has 0 radical (unpaired) electrons. The molecule has 7 heteroatoms. The maximum atomic E-state index is 12.2. The minimum atomic E-state index is 0.132. The summed E-state index contributed by atoms with van der Waals surface area (Å²) in [5.74, 6) is 0.813. The molecular formula is C20H38N4O3. The number of rotatable bonds is 9. The van der Waals surface area contributed by atoms with E-state index in [9.17, 15) is 9.59 Å². The number of amides is 2. The van der Waals surface area contributed by atoms with E-state index in [-0.39, 0.29) is 23.9 Å². The molecule has 0 aliphatic carbocycles. The number of morpholine rings is 1. The molecule has 2 saturated heterocycles. The number of hydrogen-bond acceptors (Lipinski definition) is 5. The molecule has 2 aliphatic rings. The fourth-order valence-electron chi connectivity index (χ4n) is 3.86. The maximum Gasteiger partial charge on any atom is 0.221 e. The number of hydrogen-bond donors (Lipinski definition) is 2. The SMILES string of the molecule is CC(C)NC(=O)CCN1CCC([C@@H](C)NC(=O)CCN2CCOCC2)CC1. The third-order valence-electron chi connectivity index (χ3n) is 5.59. The summed E-state index contributed by atoms with van der Waals surface area (Å²) in [6.07, 6.45) is 3.29. The molecule has 27 heavy (non-hydrogen) atoms.